The average molecular weight is 526 g/mol. The fraction of sp³-hybridized carbons (Fsp3) is 0.429. The van der Waals surface area contributed by atoms with E-state index >= 15 is 0 Å². The molecular formula is C28H36FN5O4. The second kappa shape index (κ2) is 13.8. The van der Waals surface area contributed by atoms with Crippen LogP contribution in [0.15, 0.2) is 59.1 Å². The molecule has 1 aliphatic rings. The van der Waals surface area contributed by atoms with E-state index in [9.17, 15) is 14.0 Å². The van der Waals surface area contributed by atoms with Crippen LogP contribution in [0.2, 0.25) is 0 Å². The quantitative estimate of drug-likeness (QED) is 0.347. The lowest BCUT2D eigenvalue weighted by molar-refractivity contribution is 0.0374. The van der Waals surface area contributed by atoms with Gasteiger partial charge in [0.2, 0.25) is 0 Å². The summed E-state index contributed by atoms with van der Waals surface area (Å²) >= 11 is 0. The van der Waals surface area contributed by atoms with Crippen LogP contribution in [0.25, 0.3) is 0 Å². The summed E-state index contributed by atoms with van der Waals surface area (Å²) in [5, 5.41) is 5.59. The third-order valence-corrected chi connectivity index (χ3v) is 6.42. The van der Waals surface area contributed by atoms with Gasteiger partial charge in [0.1, 0.15) is 11.6 Å². The highest BCUT2D eigenvalue weighted by atomic mass is 19.1. The van der Waals surface area contributed by atoms with Crippen LogP contribution in [-0.4, -0.2) is 72.2 Å². The third kappa shape index (κ3) is 7.69. The van der Waals surface area contributed by atoms with Crippen LogP contribution in [-0.2, 0) is 17.8 Å². The number of halogens is 1. The summed E-state index contributed by atoms with van der Waals surface area (Å²) in [4.78, 5) is 29.4. The normalized spacial score (nSPS) is 13.8. The molecule has 0 unspecified atom stereocenters. The Labute approximate surface area is 222 Å². The number of rotatable bonds is 12. The number of ether oxygens (including phenoxy) is 1. The molecule has 10 heteroatoms. The molecule has 204 valence electrons. The Morgan fingerprint density at radius 2 is 1.89 bits per heavy atom. The van der Waals surface area contributed by atoms with Crippen molar-refractivity contribution >= 4 is 17.6 Å². The number of nitrogens with zero attached hydrogens (tertiary/aromatic N) is 3. The number of hydrogen-bond acceptors (Lipinski definition) is 5. The van der Waals surface area contributed by atoms with E-state index in [0.29, 0.717) is 31.9 Å². The average Bonchev–Trinajstić information content (AvgIpc) is 3.58. The molecule has 0 radical (unpaired) electrons. The number of aromatic nitrogens is 1. The second-order valence-electron chi connectivity index (χ2n) is 9.29. The number of para-hydroxylation sites is 1. The summed E-state index contributed by atoms with van der Waals surface area (Å²) < 4.78 is 27.2. The van der Waals surface area contributed by atoms with E-state index in [0.717, 1.165) is 51.4 Å². The van der Waals surface area contributed by atoms with Gasteiger partial charge in [-0.15, -0.1) is 0 Å². The van der Waals surface area contributed by atoms with Crippen LogP contribution in [0.4, 0.5) is 14.9 Å². The SMILES string of the molecule is CCCN(Cc1cccn1Cc1ccc(C(=O)NCCCN2CCOCC2)o1)C(=O)Nc1ccccc1F. The van der Waals surface area contributed by atoms with Crippen molar-refractivity contribution in [2.45, 2.75) is 32.9 Å². The van der Waals surface area contributed by atoms with Gasteiger partial charge in [0.15, 0.2) is 5.76 Å². The first-order valence-corrected chi connectivity index (χ1v) is 13.1. The van der Waals surface area contributed by atoms with Crippen LogP contribution < -0.4 is 10.6 Å². The van der Waals surface area contributed by atoms with Crippen molar-refractivity contribution in [1.82, 2.24) is 19.7 Å². The first-order chi connectivity index (χ1) is 18.5. The number of carbonyl (C=O) groups is 2. The van der Waals surface area contributed by atoms with Crippen LogP contribution >= 0.6 is 0 Å². The predicted molar refractivity (Wildman–Crippen MR) is 143 cm³/mol. The maximum absolute atomic E-state index is 14.0. The minimum Gasteiger partial charge on any atom is -0.454 e. The van der Waals surface area contributed by atoms with Gasteiger partial charge in [-0.3, -0.25) is 9.69 Å². The lowest BCUT2D eigenvalue weighted by Gasteiger charge is -2.26. The van der Waals surface area contributed by atoms with Gasteiger partial charge in [-0.1, -0.05) is 19.1 Å². The highest BCUT2D eigenvalue weighted by molar-refractivity contribution is 5.91. The topological polar surface area (TPSA) is 92.0 Å². The molecular weight excluding hydrogens is 489 g/mol. The Bertz CT molecular complexity index is 1190. The van der Waals surface area contributed by atoms with Crippen molar-refractivity contribution in [2.24, 2.45) is 0 Å². The molecule has 0 atom stereocenters. The van der Waals surface area contributed by atoms with Crippen LogP contribution in [0.5, 0.6) is 0 Å². The van der Waals surface area contributed by atoms with E-state index < -0.39 is 5.82 Å². The van der Waals surface area contributed by atoms with E-state index in [1.807, 2.05) is 29.8 Å². The Morgan fingerprint density at radius 3 is 2.68 bits per heavy atom. The summed E-state index contributed by atoms with van der Waals surface area (Å²) in [7, 11) is 0. The number of anilines is 1. The minimum atomic E-state index is -0.476. The van der Waals surface area contributed by atoms with Gasteiger partial charge >= 0.3 is 6.03 Å². The molecule has 3 aromatic rings. The Balaban J connectivity index is 1.30. The van der Waals surface area contributed by atoms with Crippen molar-refractivity contribution in [3.8, 4) is 0 Å². The van der Waals surface area contributed by atoms with Gasteiger partial charge in [-0.2, -0.15) is 0 Å². The van der Waals surface area contributed by atoms with E-state index in [-0.39, 0.29) is 23.4 Å². The third-order valence-electron chi connectivity index (χ3n) is 6.42. The number of furan rings is 1. The zero-order valence-corrected chi connectivity index (χ0v) is 21.8. The zero-order chi connectivity index (χ0) is 26.7. The molecule has 38 heavy (non-hydrogen) atoms. The molecule has 4 rings (SSSR count). The second-order valence-corrected chi connectivity index (χ2v) is 9.29. The van der Waals surface area contributed by atoms with Crippen LogP contribution in [0, 0.1) is 5.82 Å². The minimum absolute atomic E-state index is 0.150. The molecule has 1 saturated heterocycles. The largest absolute Gasteiger partial charge is 0.454 e. The first-order valence-electron chi connectivity index (χ1n) is 13.1. The number of urea groups is 1. The Hall–Kier alpha value is -3.63. The van der Waals surface area contributed by atoms with Gasteiger partial charge in [0, 0.05) is 38.1 Å². The molecule has 1 aromatic carbocycles. The predicted octanol–water partition coefficient (Wildman–Crippen LogP) is 4.16. The van der Waals surface area contributed by atoms with E-state index in [1.54, 1.807) is 29.2 Å². The Morgan fingerprint density at radius 1 is 1.08 bits per heavy atom. The summed E-state index contributed by atoms with van der Waals surface area (Å²) in [6.07, 6.45) is 3.53. The first kappa shape index (κ1) is 27.4. The summed E-state index contributed by atoms with van der Waals surface area (Å²) in [5.74, 6) is 0.205. The highest BCUT2D eigenvalue weighted by Gasteiger charge is 2.18. The number of amides is 3. The molecule has 0 bridgehead atoms. The summed E-state index contributed by atoms with van der Waals surface area (Å²) in [6.45, 7) is 8.17. The van der Waals surface area contributed by atoms with Gasteiger partial charge in [0.05, 0.1) is 32.0 Å². The van der Waals surface area contributed by atoms with Gasteiger partial charge < -0.3 is 29.3 Å². The van der Waals surface area contributed by atoms with Crippen molar-refractivity contribution in [3.05, 3.63) is 77.8 Å². The molecule has 2 aromatic heterocycles. The highest BCUT2D eigenvalue weighted by Crippen LogP contribution is 2.17. The number of hydrogen-bond donors (Lipinski definition) is 2. The van der Waals surface area contributed by atoms with Crippen molar-refractivity contribution in [2.75, 3.05) is 51.3 Å². The zero-order valence-electron chi connectivity index (χ0n) is 21.8. The van der Waals surface area contributed by atoms with E-state index in [1.165, 1.54) is 12.1 Å². The van der Waals surface area contributed by atoms with Crippen LogP contribution in [0.3, 0.4) is 0 Å². The lowest BCUT2D eigenvalue weighted by Crippen LogP contribution is -2.38. The fourth-order valence-electron chi connectivity index (χ4n) is 4.39. The molecule has 9 nitrogen and oxygen atoms in total. The molecule has 0 saturated carbocycles. The molecule has 1 aliphatic heterocycles. The maximum Gasteiger partial charge on any atom is 0.322 e. The molecule has 0 spiro atoms. The standard InChI is InChI=1S/C28H36FN5O4/c1-2-13-34(28(36)31-25-9-4-3-8-24(25)29)20-22-7-5-15-33(22)21-23-10-11-26(38-23)27(35)30-12-6-14-32-16-18-37-19-17-32/h3-5,7-11,15H,2,6,12-14,16-21H2,1H3,(H,30,35)(H,31,36). The monoisotopic (exact) mass is 525 g/mol. The van der Waals surface area contributed by atoms with Gasteiger partial charge in [0.25, 0.3) is 5.91 Å². The van der Waals surface area contributed by atoms with Gasteiger partial charge in [-0.05, 0) is 55.8 Å². The number of morpholine rings is 1. The van der Waals surface area contributed by atoms with Gasteiger partial charge in [-0.25, -0.2) is 9.18 Å². The maximum atomic E-state index is 14.0. The van der Waals surface area contributed by atoms with E-state index in [4.69, 9.17) is 9.15 Å². The lowest BCUT2D eigenvalue weighted by atomic mass is 10.3. The summed E-state index contributed by atoms with van der Waals surface area (Å²) in [5.41, 5.74) is 1.05. The number of benzene rings is 1. The molecule has 3 amide bonds. The van der Waals surface area contributed by atoms with Crippen molar-refractivity contribution in [1.29, 1.82) is 0 Å². The fourth-order valence-corrected chi connectivity index (χ4v) is 4.39. The van der Waals surface area contributed by atoms with E-state index in [2.05, 4.69) is 15.5 Å². The molecule has 0 aliphatic carbocycles. The van der Waals surface area contributed by atoms with Crippen molar-refractivity contribution < 1.29 is 23.1 Å². The molecule has 2 N–H and O–H groups in total. The number of nitrogens with one attached hydrogen (secondary N) is 2. The smallest absolute Gasteiger partial charge is 0.322 e. The van der Waals surface area contributed by atoms with Crippen LogP contribution in [0.1, 0.15) is 41.8 Å². The number of carbonyl (C=O) groups excluding carboxylic acids is 2. The van der Waals surface area contributed by atoms with Crippen molar-refractivity contribution in [3.63, 3.8) is 0 Å². The molecule has 1 fully saturated rings. The Kier molecular flexibility index (Phi) is 9.94. The molecule has 3 heterocycles. The summed E-state index contributed by atoms with van der Waals surface area (Å²) in [6, 6.07) is 13.1.